The molecule has 28 heavy (non-hydrogen) atoms. The number of carbonyl (C=O) groups is 2. The second kappa shape index (κ2) is 7.92. The summed E-state index contributed by atoms with van der Waals surface area (Å²) in [6, 6.07) is 12.3. The largest absolute Gasteiger partial charge is 0.454 e. The minimum Gasteiger partial charge on any atom is -0.454 e. The van der Waals surface area contributed by atoms with Crippen LogP contribution in [0.5, 0.6) is 11.5 Å². The predicted octanol–water partition coefficient (Wildman–Crippen LogP) is 3.15. The van der Waals surface area contributed by atoms with Crippen LogP contribution in [0.25, 0.3) is 0 Å². The van der Waals surface area contributed by atoms with E-state index in [1.165, 1.54) is 0 Å². The Balaban J connectivity index is 1.52. The molecule has 1 aliphatic rings. The van der Waals surface area contributed by atoms with E-state index in [1.54, 1.807) is 19.1 Å². The molecule has 0 saturated carbocycles. The van der Waals surface area contributed by atoms with Gasteiger partial charge in [-0.3, -0.25) is 9.59 Å². The Hall–Kier alpha value is -3.02. The number of ether oxygens (including phenoxy) is 2. The van der Waals surface area contributed by atoms with E-state index in [0.717, 1.165) is 11.1 Å². The summed E-state index contributed by atoms with van der Waals surface area (Å²) < 4.78 is 10.6. The van der Waals surface area contributed by atoms with Gasteiger partial charge in [-0.1, -0.05) is 39.0 Å². The lowest BCUT2D eigenvalue weighted by molar-refractivity contribution is -0.122. The molecule has 0 saturated heterocycles. The molecule has 0 aromatic heterocycles. The fourth-order valence-corrected chi connectivity index (χ4v) is 2.86. The number of carbonyl (C=O) groups excluding carboxylic acids is 2. The van der Waals surface area contributed by atoms with Crippen LogP contribution in [0.3, 0.4) is 0 Å². The van der Waals surface area contributed by atoms with E-state index in [2.05, 4.69) is 31.4 Å². The summed E-state index contributed by atoms with van der Waals surface area (Å²) in [4.78, 5) is 24.7. The van der Waals surface area contributed by atoms with Gasteiger partial charge in [0.2, 0.25) is 12.7 Å². The van der Waals surface area contributed by atoms with Crippen LogP contribution in [-0.2, 0) is 16.8 Å². The minimum atomic E-state index is -0.649. The van der Waals surface area contributed by atoms with Crippen LogP contribution in [0.15, 0.2) is 42.5 Å². The van der Waals surface area contributed by atoms with Crippen LogP contribution < -0.4 is 20.1 Å². The van der Waals surface area contributed by atoms with E-state index < -0.39 is 6.04 Å². The van der Waals surface area contributed by atoms with Gasteiger partial charge in [0, 0.05) is 12.1 Å². The van der Waals surface area contributed by atoms with E-state index in [1.807, 2.05) is 30.3 Å². The van der Waals surface area contributed by atoms with E-state index in [4.69, 9.17) is 9.47 Å². The average Bonchev–Trinajstić information content (AvgIpc) is 3.13. The number of rotatable bonds is 5. The lowest BCUT2D eigenvalue weighted by atomic mass is 9.86. The van der Waals surface area contributed by atoms with Crippen LogP contribution >= 0.6 is 0 Å². The Kier molecular flexibility index (Phi) is 5.58. The first-order valence-corrected chi connectivity index (χ1v) is 9.32. The predicted molar refractivity (Wildman–Crippen MR) is 106 cm³/mol. The Morgan fingerprint density at radius 3 is 2.39 bits per heavy atom. The maximum atomic E-state index is 12.4. The van der Waals surface area contributed by atoms with Gasteiger partial charge in [-0.2, -0.15) is 0 Å². The second-order valence-corrected chi connectivity index (χ2v) is 7.93. The molecule has 0 spiro atoms. The first-order chi connectivity index (χ1) is 13.2. The third-order valence-electron chi connectivity index (χ3n) is 4.66. The highest BCUT2D eigenvalue weighted by atomic mass is 16.7. The van der Waals surface area contributed by atoms with Gasteiger partial charge >= 0.3 is 0 Å². The molecule has 0 bridgehead atoms. The van der Waals surface area contributed by atoms with Crippen LogP contribution in [-0.4, -0.2) is 24.6 Å². The normalized spacial score (nSPS) is 13.7. The molecule has 6 heteroatoms. The molecule has 0 unspecified atom stereocenters. The number of hydrogen-bond acceptors (Lipinski definition) is 4. The fraction of sp³-hybridized carbons (Fsp3) is 0.364. The molecular weight excluding hydrogens is 356 g/mol. The van der Waals surface area contributed by atoms with Gasteiger partial charge in [0.1, 0.15) is 6.04 Å². The van der Waals surface area contributed by atoms with Gasteiger partial charge in [-0.15, -0.1) is 0 Å². The number of fused-ring (bicyclic) bond motifs is 1. The summed E-state index contributed by atoms with van der Waals surface area (Å²) in [6.07, 6.45) is 0. The first-order valence-electron chi connectivity index (χ1n) is 9.32. The molecule has 2 aromatic rings. The molecule has 2 N–H and O–H groups in total. The molecule has 1 atom stereocenters. The van der Waals surface area contributed by atoms with E-state index in [9.17, 15) is 9.59 Å². The zero-order valence-electron chi connectivity index (χ0n) is 16.7. The second-order valence-electron chi connectivity index (χ2n) is 7.93. The quantitative estimate of drug-likeness (QED) is 0.833. The Morgan fingerprint density at radius 1 is 1.04 bits per heavy atom. The third-order valence-corrected chi connectivity index (χ3v) is 4.66. The van der Waals surface area contributed by atoms with Gasteiger partial charge < -0.3 is 20.1 Å². The summed E-state index contributed by atoms with van der Waals surface area (Å²) in [5.74, 6) is 0.850. The van der Waals surface area contributed by atoms with Gasteiger partial charge in [0.25, 0.3) is 5.91 Å². The zero-order valence-corrected chi connectivity index (χ0v) is 16.7. The van der Waals surface area contributed by atoms with Gasteiger partial charge in [-0.25, -0.2) is 0 Å². The van der Waals surface area contributed by atoms with E-state index in [0.29, 0.717) is 23.6 Å². The van der Waals surface area contributed by atoms with Crippen LogP contribution in [0.4, 0.5) is 0 Å². The van der Waals surface area contributed by atoms with Crippen molar-refractivity contribution in [2.75, 3.05) is 6.79 Å². The SMILES string of the molecule is C[C@H](NC(=O)c1ccc(C(C)(C)C)cc1)C(=O)NCc1ccc2c(c1)OCO2. The summed E-state index contributed by atoms with van der Waals surface area (Å²) >= 11 is 0. The van der Waals surface area contributed by atoms with Crippen LogP contribution in [0.1, 0.15) is 49.2 Å². The summed E-state index contributed by atoms with van der Waals surface area (Å²) in [7, 11) is 0. The van der Waals surface area contributed by atoms with Crippen molar-refractivity contribution in [3.63, 3.8) is 0 Å². The van der Waals surface area contributed by atoms with Gasteiger partial charge in [-0.05, 0) is 47.7 Å². The third kappa shape index (κ3) is 4.63. The molecule has 0 radical (unpaired) electrons. The lowest BCUT2D eigenvalue weighted by Gasteiger charge is -2.19. The van der Waals surface area contributed by atoms with E-state index >= 15 is 0 Å². The number of hydrogen-bond donors (Lipinski definition) is 2. The summed E-state index contributed by atoms with van der Waals surface area (Å²) in [5, 5.41) is 5.56. The highest BCUT2D eigenvalue weighted by molar-refractivity contribution is 5.97. The first kappa shape index (κ1) is 19.7. The van der Waals surface area contributed by atoms with Crippen molar-refractivity contribution in [2.45, 2.75) is 45.7 Å². The molecule has 0 fully saturated rings. The maximum absolute atomic E-state index is 12.4. The molecule has 0 aliphatic carbocycles. The van der Waals surface area contributed by atoms with Gasteiger partial charge in [0.15, 0.2) is 11.5 Å². The van der Waals surface area contributed by atoms with Crippen LogP contribution in [0.2, 0.25) is 0 Å². The maximum Gasteiger partial charge on any atom is 0.251 e. The van der Waals surface area contributed by atoms with Gasteiger partial charge in [0.05, 0.1) is 0 Å². The highest BCUT2D eigenvalue weighted by Crippen LogP contribution is 2.32. The zero-order chi connectivity index (χ0) is 20.3. The highest BCUT2D eigenvalue weighted by Gasteiger charge is 2.19. The Labute approximate surface area is 165 Å². The smallest absolute Gasteiger partial charge is 0.251 e. The summed E-state index contributed by atoms with van der Waals surface area (Å²) in [5.41, 5.74) is 2.60. The van der Waals surface area contributed by atoms with Crippen molar-refractivity contribution in [3.05, 3.63) is 59.2 Å². The summed E-state index contributed by atoms with van der Waals surface area (Å²) in [6.45, 7) is 8.58. The standard InChI is InChI=1S/C22H26N2O4/c1-14(24-21(26)16-6-8-17(9-7-16)22(2,3)4)20(25)23-12-15-5-10-18-19(11-15)28-13-27-18/h5-11,14H,12-13H2,1-4H3,(H,23,25)(H,24,26)/t14-/m0/s1. The molecule has 1 aliphatic heterocycles. The molecule has 2 amide bonds. The van der Waals surface area contributed by atoms with Crippen molar-refractivity contribution in [3.8, 4) is 11.5 Å². The molecule has 2 aromatic carbocycles. The molecule has 1 heterocycles. The van der Waals surface area contributed by atoms with Crippen molar-refractivity contribution >= 4 is 11.8 Å². The molecule has 148 valence electrons. The fourth-order valence-electron chi connectivity index (χ4n) is 2.86. The van der Waals surface area contributed by atoms with Crippen LogP contribution in [0, 0.1) is 0 Å². The van der Waals surface area contributed by atoms with Crippen molar-refractivity contribution in [2.24, 2.45) is 0 Å². The van der Waals surface area contributed by atoms with Crippen molar-refractivity contribution in [1.29, 1.82) is 0 Å². The average molecular weight is 382 g/mol. The minimum absolute atomic E-state index is 0.0247. The van der Waals surface area contributed by atoms with Crippen molar-refractivity contribution < 1.29 is 19.1 Å². The molecule has 3 rings (SSSR count). The monoisotopic (exact) mass is 382 g/mol. The molecule has 6 nitrogen and oxygen atoms in total. The number of benzene rings is 2. The van der Waals surface area contributed by atoms with E-state index in [-0.39, 0.29) is 24.0 Å². The van der Waals surface area contributed by atoms with Crippen molar-refractivity contribution in [1.82, 2.24) is 10.6 Å². The topological polar surface area (TPSA) is 76.7 Å². The Bertz CT molecular complexity index is 869. The lowest BCUT2D eigenvalue weighted by Crippen LogP contribution is -2.44. The number of nitrogens with one attached hydrogen (secondary N) is 2. The molecular formula is C22H26N2O4. The number of amides is 2. The Morgan fingerprint density at radius 2 is 1.71 bits per heavy atom.